The van der Waals surface area contributed by atoms with Gasteiger partial charge in [-0.15, -0.1) is 0 Å². The molecule has 1 saturated heterocycles. The number of hydrazine groups is 1. The molecular weight excluding hydrogens is 326 g/mol. The van der Waals surface area contributed by atoms with Gasteiger partial charge in [0.15, 0.2) is 0 Å². The highest BCUT2D eigenvalue weighted by Gasteiger charge is 2.29. The number of nitrogens with one attached hydrogen (secondary N) is 1. The van der Waals surface area contributed by atoms with Crippen molar-refractivity contribution in [3.05, 3.63) is 33.0 Å². The summed E-state index contributed by atoms with van der Waals surface area (Å²) in [6.07, 6.45) is -0.338. The number of nitrogens with two attached hydrogens (primary N) is 1. The molecule has 18 heavy (non-hydrogen) atoms. The zero-order chi connectivity index (χ0) is 13.1. The predicted octanol–water partition coefficient (Wildman–Crippen LogP) is 2.16. The summed E-state index contributed by atoms with van der Waals surface area (Å²) in [6.45, 7) is 1.37. The maximum atomic E-state index is 14.1. The fourth-order valence-electron chi connectivity index (χ4n) is 1.88. The zero-order valence-electron chi connectivity index (χ0n) is 9.46. The molecule has 100 valence electrons. The van der Waals surface area contributed by atoms with Crippen molar-refractivity contribution in [2.24, 2.45) is 5.84 Å². The summed E-state index contributed by atoms with van der Waals surface area (Å²) in [4.78, 5) is 0. The van der Waals surface area contributed by atoms with Gasteiger partial charge in [-0.2, -0.15) is 0 Å². The van der Waals surface area contributed by atoms with E-state index in [1.807, 2.05) is 0 Å². The van der Waals surface area contributed by atoms with Crippen LogP contribution in [-0.4, -0.2) is 25.9 Å². The Morgan fingerprint density at radius 2 is 2.28 bits per heavy atom. The summed E-state index contributed by atoms with van der Waals surface area (Å²) in [5.41, 5.74) is 2.92. The third kappa shape index (κ3) is 2.84. The Labute approximate surface area is 118 Å². The van der Waals surface area contributed by atoms with Crippen LogP contribution in [0.1, 0.15) is 11.6 Å². The molecule has 1 aromatic rings. The van der Waals surface area contributed by atoms with Crippen LogP contribution in [0.5, 0.6) is 0 Å². The van der Waals surface area contributed by atoms with E-state index in [-0.39, 0.29) is 11.1 Å². The molecule has 2 unspecified atom stereocenters. The van der Waals surface area contributed by atoms with Crippen LogP contribution >= 0.6 is 27.5 Å². The van der Waals surface area contributed by atoms with Gasteiger partial charge < -0.3 is 9.47 Å². The highest BCUT2D eigenvalue weighted by Crippen LogP contribution is 2.32. The fourth-order valence-corrected chi connectivity index (χ4v) is 2.36. The first-order valence-electron chi connectivity index (χ1n) is 5.44. The van der Waals surface area contributed by atoms with Crippen LogP contribution < -0.4 is 11.3 Å². The van der Waals surface area contributed by atoms with Gasteiger partial charge in [0, 0.05) is 10.0 Å². The minimum atomic E-state index is -0.511. The van der Waals surface area contributed by atoms with E-state index in [1.54, 1.807) is 12.1 Å². The van der Waals surface area contributed by atoms with E-state index >= 15 is 0 Å². The molecule has 7 heteroatoms. The first-order chi connectivity index (χ1) is 8.65. The lowest BCUT2D eigenvalue weighted by Gasteiger charge is -2.30. The van der Waals surface area contributed by atoms with Gasteiger partial charge in [0.1, 0.15) is 11.9 Å². The number of ether oxygens (including phenoxy) is 2. The van der Waals surface area contributed by atoms with Gasteiger partial charge in [0.25, 0.3) is 0 Å². The Bertz CT molecular complexity index is 430. The predicted molar refractivity (Wildman–Crippen MR) is 69.7 cm³/mol. The SMILES string of the molecule is NNC(c1ccc(Br)c(Cl)c1F)C1COCCO1. The third-order valence-electron chi connectivity index (χ3n) is 2.79. The third-order valence-corrected chi connectivity index (χ3v) is 4.05. The first-order valence-corrected chi connectivity index (χ1v) is 6.61. The maximum Gasteiger partial charge on any atom is 0.147 e. The van der Waals surface area contributed by atoms with Gasteiger partial charge in [-0.1, -0.05) is 17.7 Å². The highest BCUT2D eigenvalue weighted by atomic mass is 79.9. The fraction of sp³-hybridized carbons (Fsp3) is 0.455. The summed E-state index contributed by atoms with van der Waals surface area (Å²) in [5, 5.41) is 0.0319. The monoisotopic (exact) mass is 338 g/mol. The summed E-state index contributed by atoms with van der Waals surface area (Å²) < 4.78 is 25.4. The molecule has 1 aliphatic heterocycles. The van der Waals surface area contributed by atoms with Crippen molar-refractivity contribution in [3.63, 3.8) is 0 Å². The standard InChI is InChI=1S/C11H13BrClFN2O2/c12-7-2-1-6(10(14)9(7)13)11(16-15)8-5-17-3-4-18-8/h1-2,8,11,16H,3-5,15H2. The topological polar surface area (TPSA) is 56.5 Å². The lowest BCUT2D eigenvalue weighted by molar-refractivity contribution is -0.103. The van der Waals surface area contributed by atoms with Crippen molar-refractivity contribution in [1.82, 2.24) is 5.43 Å². The minimum Gasteiger partial charge on any atom is -0.376 e. The molecule has 1 aromatic carbocycles. The van der Waals surface area contributed by atoms with Crippen molar-refractivity contribution in [3.8, 4) is 0 Å². The van der Waals surface area contributed by atoms with Gasteiger partial charge in [-0.05, 0) is 22.0 Å². The van der Waals surface area contributed by atoms with Crippen LogP contribution in [0.15, 0.2) is 16.6 Å². The summed E-state index contributed by atoms with van der Waals surface area (Å²) in [6, 6.07) is 2.79. The Kier molecular flexibility index (Phi) is 4.94. The molecule has 0 amide bonds. The molecule has 0 spiro atoms. The van der Waals surface area contributed by atoms with Gasteiger partial charge in [0.05, 0.1) is 30.9 Å². The van der Waals surface area contributed by atoms with Gasteiger partial charge in [0.2, 0.25) is 0 Å². The number of benzene rings is 1. The van der Waals surface area contributed by atoms with Gasteiger partial charge in [-0.25, -0.2) is 4.39 Å². The molecule has 0 aromatic heterocycles. The van der Waals surface area contributed by atoms with Crippen molar-refractivity contribution in [2.75, 3.05) is 19.8 Å². The average Bonchev–Trinajstić information content (AvgIpc) is 2.41. The van der Waals surface area contributed by atoms with Crippen molar-refractivity contribution in [2.45, 2.75) is 12.1 Å². The Hall–Kier alpha value is -0.240. The van der Waals surface area contributed by atoms with Crippen molar-refractivity contribution in [1.29, 1.82) is 0 Å². The first kappa shape index (κ1) is 14.2. The molecule has 0 bridgehead atoms. The molecule has 0 aliphatic carbocycles. The average molecular weight is 340 g/mol. The van der Waals surface area contributed by atoms with E-state index in [0.29, 0.717) is 29.9 Å². The molecule has 3 N–H and O–H groups in total. The minimum absolute atomic E-state index is 0.0319. The van der Waals surface area contributed by atoms with Crippen molar-refractivity contribution < 1.29 is 13.9 Å². The highest BCUT2D eigenvalue weighted by molar-refractivity contribution is 9.10. The van der Waals surface area contributed by atoms with Crippen molar-refractivity contribution >= 4 is 27.5 Å². The molecule has 0 saturated carbocycles. The Balaban J connectivity index is 2.29. The normalized spacial score (nSPS) is 21.9. The summed E-state index contributed by atoms with van der Waals surface area (Å²) in [7, 11) is 0. The quantitative estimate of drug-likeness (QED) is 0.503. The van der Waals surface area contributed by atoms with Crippen LogP contribution in [0.2, 0.25) is 5.02 Å². The van der Waals surface area contributed by atoms with Crippen LogP contribution in [0, 0.1) is 5.82 Å². The lowest BCUT2D eigenvalue weighted by atomic mass is 10.0. The molecule has 2 atom stereocenters. The number of hydrogen-bond acceptors (Lipinski definition) is 4. The Morgan fingerprint density at radius 3 is 2.89 bits per heavy atom. The molecule has 2 rings (SSSR count). The second-order valence-corrected chi connectivity index (χ2v) is 5.13. The number of hydrogen-bond donors (Lipinski definition) is 2. The molecule has 1 heterocycles. The van der Waals surface area contributed by atoms with Gasteiger partial charge >= 0.3 is 0 Å². The number of rotatable bonds is 3. The summed E-state index contributed by atoms with van der Waals surface area (Å²) >= 11 is 9.03. The summed E-state index contributed by atoms with van der Waals surface area (Å²) in [5.74, 6) is 4.97. The van der Waals surface area contributed by atoms with E-state index in [4.69, 9.17) is 26.9 Å². The molecule has 4 nitrogen and oxygen atoms in total. The molecule has 1 aliphatic rings. The van der Waals surface area contributed by atoms with E-state index in [0.717, 1.165) is 0 Å². The van der Waals surface area contributed by atoms with E-state index in [1.165, 1.54) is 0 Å². The Morgan fingerprint density at radius 1 is 1.50 bits per heavy atom. The van der Waals surface area contributed by atoms with Crippen LogP contribution in [0.4, 0.5) is 4.39 Å². The second-order valence-electron chi connectivity index (χ2n) is 3.89. The van der Waals surface area contributed by atoms with E-state index < -0.39 is 11.9 Å². The van der Waals surface area contributed by atoms with E-state index in [9.17, 15) is 4.39 Å². The molecule has 1 fully saturated rings. The zero-order valence-corrected chi connectivity index (χ0v) is 11.8. The van der Waals surface area contributed by atoms with Crippen LogP contribution in [-0.2, 0) is 9.47 Å². The molecule has 0 radical (unpaired) electrons. The molecular formula is C11H13BrClFN2O2. The lowest BCUT2D eigenvalue weighted by Crippen LogP contribution is -2.43. The largest absolute Gasteiger partial charge is 0.376 e. The van der Waals surface area contributed by atoms with Crippen LogP contribution in [0.3, 0.4) is 0 Å². The maximum absolute atomic E-state index is 14.1. The smallest absolute Gasteiger partial charge is 0.147 e. The van der Waals surface area contributed by atoms with Crippen LogP contribution in [0.25, 0.3) is 0 Å². The van der Waals surface area contributed by atoms with Gasteiger partial charge in [-0.3, -0.25) is 11.3 Å². The second kappa shape index (κ2) is 6.27. The number of halogens is 3. The van der Waals surface area contributed by atoms with E-state index in [2.05, 4.69) is 21.4 Å².